The fourth-order valence-corrected chi connectivity index (χ4v) is 3.29. The smallest absolute Gasteiger partial charge is 0.291 e. The lowest BCUT2D eigenvalue weighted by Gasteiger charge is -2.41. The molecule has 1 heterocycles. The molecule has 2 fully saturated rings. The second-order valence-electron chi connectivity index (χ2n) is 5.17. The minimum atomic E-state index is -2.72. The van der Waals surface area contributed by atoms with Crippen molar-refractivity contribution in [3.63, 3.8) is 0 Å². The van der Waals surface area contributed by atoms with E-state index in [1.807, 2.05) is 0 Å². The SMILES string of the molecule is COC1(C(F)(F)C2CCCN2C)CCCC1. The highest BCUT2D eigenvalue weighted by atomic mass is 19.3. The van der Waals surface area contributed by atoms with E-state index in [4.69, 9.17) is 4.74 Å². The first-order valence-electron chi connectivity index (χ1n) is 6.17. The van der Waals surface area contributed by atoms with Gasteiger partial charge in [-0.3, -0.25) is 4.90 Å². The Morgan fingerprint density at radius 3 is 2.31 bits per heavy atom. The molecule has 0 bridgehead atoms. The summed E-state index contributed by atoms with van der Waals surface area (Å²) in [4.78, 5) is 1.79. The number of halogens is 2. The average molecular weight is 233 g/mol. The van der Waals surface area contributed by atoms with Gasteiger partial charge >= 0.3 is 0 Å². The summed E-state index contributed by atoms with van der Waals surface area (Å²) >= 11 is 0. The van der Waals surface area contributed by atoms with Crippen molar-refractivity contribution in [3.05, 3.63) is 0 Å². The van der Waals surface area contributed by atoms with Gasteiger partial charge in [0.05, 0.1) is 6.04 Å². The number of hydrogen-bond donors (Lipinski definition) is 0. The molecule has 1 aliphatic heterocycles. The van der Waals surface area contributed by atoms with Crippen LogP contribution in [0.25, 0.3) is 0 Å². The number of methoxy groups -OCH3 is 1. The lowest BCUT2D eigenvalue weighted by atomic mass is 9.87. The highest BCUT2D eigenvalue weighted by Gasteiger charge is 2.61. The molecule has 1 saturated heterocycles. The topological polar surface area (TPSA) is 12.5 Å². The molecule has 0 aromatic heterocycles. The van der Waals surface area contributed by atoms with Crippen LogP contribution in [0, 0.1) is 0 Å². The normalized spacial score (nSPS) is 31.1. The third-order valence-electron chi connectivity index (χ3n) is 4.35. The second-order valence-corrected chi connectivity index (χ2v) is 5.17. The van der Waals surface area contributed by atoms with Crippen molar-refractivity contribution in [1.82, 2.24) is 4.90 Å². The van der Waals surface area contributed by atoms with Gasteiger partial charge in [0.2, 0.25) is 0 Å². The van der Waals surface area contributed by atoms with Gasteiger partial charge in [0.1, 0.15) is 5.60 Å². The van der Waals surface area contributed by atoms with Gasteiger partial charge in [-0.15, -0.1) is 0 Å². The first-order chi connectivity index (χ1) is 7.53. The van der Waals surface area contributed by atoms with Crippen molar-refractivity contribution in [2.24, 2.45) is 0 Å². The van der Waals surface area contributed by atoms with Crippen LogP contribution in [0.15, 0.2) is 0 Å². The van der Waals surface area contributed by atoms with E-state index in [0.717, 1.165) is 25.8 Å². The van der Waals surface area contributed by atoms with Crippen LogP contribution in [0.4, 0.5) is 8.78 Å². The molecular formula is C12H21F2NO. The maximum Gasteiger partial charge on any atom is 0.291 e. The zero-order chi connectivity index (χ0) is 11.8. The second kappa shape index (κ2) is 4.22. The first-order valence-corrected chi connectivity index (χ1v) is 6.17. The fourth-order valence-electron chi connectivity index (χ4n) is 3.29. The van der Waals surface area contributed by atoms with Crippen molar-refractivity contribution < 1.29 is 13.5 Å². The molecule has 0 aromatic carbocycles. The van der Waals surface area contributed by atoms with Crippen molar-refractivity contribution >= 4 is 0 Å². The fraction of sp³-hybridized carbons (Fsp3) is 1.00. The number of likely N-dealkylation sites (tertiary alicyclic amines) is 1. The summed E-state index contributed by atoms with van der Waals surface area (Å²) in [6.45, 7) is 0.778. The van der Waals surface area contributed by atoms with E-state index in [1.54, 1.807) is 11.9 Å². The standard InChI is InChI=1S/C12H21F2NO/c1-15-9-5-6-10(15)12(13,14)11(16-2)7-3-4-8-11/h10H,3-9H2,1-2H3. The quantitative estimate of drug-likeness (QED) is 0.743. The molecule has 0 spiro atoms. The van der Waals surface area contributed by atoms with E-state index in [9.17, 15) is 8.78 Å². The molecule has 0 amide bonds. The van der Waals surface area contributed by atoms with Crippen molar-refractivity contribution in [3.8, 4) is 0 Å². The molecule has 1 unspecified atom stereocenters. The van der Waals surface area contributed by atoms with Crippen LogP contribution in [-0.2, 0) is 4.74 Å². The molecule has 1 saturated carbocycles. The predicted octanol–water partition coefficient (Wildman–Crippen LogP) is 2.68. The van der Waals surface area contributed by atoms with Gasteiger partial charge in [-0.05, 0) is 39.3 Å². The highest BCUT2D eigenvalue weighted by Crippen LogP contribution is 2.49. The molecule has 2 rings (SSSR count). The number of nitrogens with zero attached hydrogens (tertiary/aromatic N) is 1. The first kappa shape index (κ1) is 12.2. The van der Waals surface area contributed by atoms with E-state index >= 15 is 0 Å². The van der Waals surface area contributed by atoms with Crippen molar-refractivity contribution in [2.75, 3.05) is 20.7 Å². The molecule has 1 atom stereocenters. The molecule has 16 heavy (non-hydrogen) atoms. The molecule has 4 heteroatoms. The summed E-state index contributed by atoms with van der Waals surface area (Å²) in [7, 11) is 3.23. The summed E-state index contributed by atoms with van der Waals surface area (Å²) in [5.41, 5.74) is -1.20. The van der Waals surface area contributed by atoms with Crippen molar-refractivity contribution in [2.45, 2.75) is 56.1 Å². The monoisotopic (exact) mass is 233 g/mol. The van der Waals surface area contributed by atoms with Gasteiger partial charge in [-0.25, -0.2) is 8.78 Å². The van der Waals surface area contributed by atoms with Crippen LogP contribution in [0.1, 0.15) is 38.5 Å². The van der Waals surface area contributed by atoms with Crippen LogP contribution >= 0.6 is 0 Å². The predicted molar refractivity (Wildman–Crippen MR) is 58.8 cm³/mol. The third kappa shape index (κ3) is 1.66. The molecule has 2 aliphatic rings. The Bertz CT molecular complexity index is 251. The van der Waals surface area contributed by atoms with Gasteiger partial charge in [0.15, 0.2) is 0 Å². The highest BCUT2D eigenvalue weighted by molar-refractivity contribution is 5.05. The van der Waals surface area contributed by atoms with Gasteiger partial charge in [-0.2, -0.15) is 0 Å². The van der Waals surface area contributed by atoms with Crippen molar-refractivity contribution in [1.29, 1.82) is 0 Å². The van der Waals surface area contributed by atoms with E-state index in [0.29, 0.717) is 19.3 Å². The Morgan fingerprint density at radius 1 is 1.25 bits per heavy atom. The molecule has 0 N–H and O–H groups in total. The molecule has 0 aromatic rings. The van der Waals surface area contributed by atoms with Gasteiger partial charge in [-0.1, -0.05) is 12.8 Å². The van der Waals surface area contributed by atoms with Crippen LogP contribution in [-0.4, -0.2) is 43.2 Å². The van der Waals surface area contributed by atoms with Crippen LogP contribution in [0.2, 0.25) is 0 Å². The zero-order valence-electron chi connectivity index (χ0n) is 10.1. The Labute approximate surface area is 95.9 Å². The van der Waals surface area contributed by atoms with E-state index in [2.05, 4.69) is 0 Å². The van der Waals surface area contributed by atoms with Crippen LogP contribution in [0.5, 0.6) is 0 Å². The molecule has 94 valence electrons. The molecule has 1 aliphatic carbocycles. The Balaban J connectivity index is 2.21. The van der Waals surface area contributed by atoms with E-state index in [1.165, 1.54) is 7.11 Å². The Kier molecular flexibility index (Phi) is 3.23. The number of alkyl halides is 2. The molecular weight excluding hydrogens is 212 g/mol. The number of hydrogen-bond acceptors (Lipinski definition) is 2. The Morgan fingerprint density at radius 2 is 1.88 bits per heavy atom. The number of rotatable bonds is 3. The van der Waals surface area contributed by atoms with E-state index < -0.39 is 17.6 Å². The van der Waals surface area contributed by atoms with Crippen LogP contribution < -0.4 is 0 Å². The molecule has 0 radical (unpaired) electrons. The summed E-state index contributed by atoms with van der Waals surface area (Å²) < 4.78 is 34.4. The third-order valence-corrected chi connectivity index (χ3v) is 4.35. The lowest BCUT2D eigenvalue weighted by Crippen LogP contribution is -2.57. The maximum absolute atomic E-state index is 14.6. The Hall–Kier alpha value is -0.220. The molecule has 2 nitrogen and oxygen atoms in total. The van der Waals surface area contributed by atoms with Crippen LogP contribution in [0.3, 0.4) is 0 Å². The summed E-state index contributed by atoms with van der Waals surface area (Å²) in [6.07, 6.45) is 4.19. The lowest BCUT2D eigenvalue weighted by molar-refractivity contribution is -0.219. The number of ether oxygens (including phenoxy) is 1. The zero-order valence-corrected chi connectivity index (χ0v) is 10.1. The maximum atomic E-state index is 14.6. The van der Waals surface area contributed by atoms with Gasteiger partial charge in [0.25, 0.3) is 5.92 Å². The van der Waals surface area contributed by atoms with E-state index in [-0.39, 0.29) is 0 Å². The summed E-state index contributed by atoms with van der Waals surface area (Å²) in [6, 6.07) is -0.634. The largest absolute Gasteiger partial charge is 0.372 e. The minimum absolute atomic E-state index is 0.501. The minimum Gasteiger partial charge on any atom is -0.372 e. The summed E-state index contributed by atoms with van der Waals surface area (Å²) in [5, 5.41) is 0. The summed E-state index contributed by atoms with van der Waals surface area (Å²) in [5.74, 6) is -2.72. The van der Waals surface area contributed by atoms with Gasteiger partial charge in [0, 0.05) is 7.11 Å². The van der Waals surface area contributed by atoms with Gasteiger partial charge < -0.3 is 4.74 Å². The average Bonchev–Trinajstić information content (AvgIpc) is 2.86.